The number of amides is 1. The van der Waals surface area contributed by atoms with Crippen molar-refractivity contribution in [3.8, 4) is 0 Å². The van der Waals surface area contributed by atoms with E-state index in [0.29, 0.717) is 5.82 Å². The van der Waals surface area contributed by atoms with Crippen LogP contribution in [0.2, 0.25) is 0 Å². The minimum absolute atomic E-state index is 0.0614. The smallest absolute Gasteiger partial charge is 0.308 e. The highest BCUT2D eigenvalue weighted by Crippen LogP contribution is 2.23. The van der Waals surface area contributed by atoms with Gasteiger partial charge in [-0.15, -0.1) is 0 Å². The Morgan fingerprint density at radius 3 is 2.87 bits per heavy atom. The molecule has 0 saturated carbocycles. The van der Waals surface area contributed by atoms with Crippen molar-refractivity contribution < 1.29 is 14.7 Å². The maximum absolute atomic E-state index is 11.5. The largest absolute Gasteiger partial charge is 0.481 e. The third kappa shape index (κ3) is 1.70. The number of carboxylic acid groups (broad SMARTS) is 1. The molecule has 6 nitrogen and oxygen atoms in total. The van der Waals surface area contributed by atoms with Crippen LogP contribution in [0.1, 0.15) is 6.42 Å². The summed E-state index contributed by atoms with van der Waals surface area (Å²) >= 11 is 0. The summed E-state index contributed by atoms with van der Waals surface area (Å²) in [7, 11) is 1.75. The first-order valence-electron chi connectivity index (χ1n) is 4.61. The summed E-state index contributed by atoms with van der Waals surface area (Å²) in [5.74, 6) is -1.20. The van der Waals surface area contributed by atoms with Crippen molar-refractivity contribution >= 4 is 17.7 Å². The average Bonchev–Trinajstić information content (AvgIpc) is 2.71. The number of aliphatic carboxylic acids is 1. The number of aryl methyl sites for hydroxylation is 1. The van der Waals surface area contributed by atoms with Gasteiger partial charge in [-0.05, 0) is 0 Å². The van der Waals surface area contributed by atoms with Crippen LogP contribution in [0.3, 0.4) is 0 Å². The summed E-state index contributed by atoms with van der Waals surface area (Å²) in [4.78, 5) is 23.7. The Bertz CT molecular complexity index is 412. The Balaban J connectivity index is 2.18. The minimum atomic E-state index is -0.929. The lowest BCUT2D eigenvalue weighted by Crippen LogP contribution is -2.26. The number of carbonyl (C=O) groups is 2. The van der Waals surface area contributed by atoms with Crippen LogP contribution in [0.15, 0.2) is 12.3 Å². The molecule has 0 radical (unpaired) electrons. The zero-order valence-electron chi connectivity index (χ0n) is 8.25. The zero-order chi connectivity index (χ0) is 11.0. The van der Waals surface area contributed by atoms with E-state index in [1.54, 1.807) is 24.0 Å². The summed E-state index contributed by atoms with van der Waals surface area (Å²) in [5.41, 5.74) is 0. The number of anilines is 1. The Morgan fingerprint density at radius 2 is 2.40 bits per heavy atom. The lowest BCUT2D eigenvalue weighted by Gasteiger charge is -2.11. The molecular weight excluding hydrogens is 198 g/mol. The molecule has 1 aliphatic rings. The minimum Gasteiger partial charge on any atom is -0.481 e. The number of rotatable bonds is 2. The highest BCUT2D eigenvalue weighted by molar-refractivity contribution is 5.98. The molecule has 0 aliphatic carbocycles. The van der Waals surface area contributed by atoms with Crippen LogP contribution in [-0.4, -0.2) is 33.3 Å². The third-order valence-corrected chi connectivity index (χ3v) is 2.45. The van der Waals surface area contributed by atoms with E-state index in [1.165, 1.54) is 4.90 Å². The molecular formula is C9H11N3O3. The molecule has 1 atom stereocenters. The van der Waals surface area contributed by atoms with Crippen molar-refractivity contribution in [3.05, 3.63) is 12.3 Å². The molecule has 1 N–H and O–H groups in total. The standard InChI is InChI=1S/C9H11N3O3/c1-11-3-2-7(10-11)12-5-6(9(14)15)4-8(12)13/h2-3,6H,4-5H2,1H3,(H,14,15)/t6-/m1/s1. The summed E-state index contributed by atoms with van der Waals surface area (Å²) in [6.07, 6.45) is 1.78. The number of carboxylic acids is 1. The fourth-order valence-electron chi connectivity index (χ4n) is 1.64. The number of hydrogen-bond acceptors (Lipinski definition) is 3. The molecule has 6 heteroatoms. The molecule has 2 heterocycles. The first kappa shape index (κ1) is 9.70. The van der Waals surface area contributed by atoms with E-state index in [0.717, 1.165) is 0 Å². The quantitative estimate of drug-likeness (QED) is 0.735. The molecule has 0 bridgehead atoms. The summed E-state index contributed by atoms with van der Waals surface area (Å²) < 4.78 is 1.58. The number of hydrogen-bond donors (Lipinski definition) is 1. The lowest BCUT2D eigenvalue weighted by molar-refractivity contribution is -0.141. The average molecular weight is 209 g/mol. The molecule has 1 aromatic rings. The van der Waals surface area contributed by atoms with Gasteiger partial charge in [-0.3, -0.25) is 19.2 Å². The first-order valence-corrected chi connectivity index (χ1v) is 4.61. The Labute approximate surface area is 86.1 Å². The Hall–Kier alpha value is -1.85. The maximum Gasteiger partial charge on any atom is 0.308 e. The van der Waals surface area contributed by atoms with Gasteiger partial charge >= 0.3 is 5.97 Å². The van der Waals surface area contributed by atoms with Crippen molar-refractivity contribution in [1.82, 2.24) is 9.78 Å². The molecule has 1 aromatic heterocycles. The second-order valence-corrected chi connectivity index (χ2v) is 3.59. The predicted molar refractivity (Wildman–Crippen MR) is 51.3 cm³/mol. The van der Waals surface area contributed by atoms with Crippen LogP contribution in [0.4, 0.5) is 5.82 Å². The molecule has 0 aromatic carbocycles. The molecule has 1 amide bonds. The molecule has 0 spiro atoms. The monoisotopic (exact) mass is 209 g/mol. The van der Waals surface area contributed by atoms with Gasteiger partial charge in [0.2, 0.25) is 5.91 Å². The van der Waals surface area contributed by atoms with Gasteiger partial charge < -0.3 is 5.11 Å². The molecule has 1 fully saturated rings. The maximum atomic E-state index is 11.5. The second kappa shape index (κ2) is 3.38. The van der Waals surface area contributed by atoms with Gasteiger partial charge in [-0.2, -0.15) is 5.10 Å². The van der Waals surface area contributed by atoms with E-state index < -0.39 is 11.9 Å². The van der Waals surface area contributed by atoms with Crippen LogP contribution < -0.4 is 4.90 Å². The topological polar surface area (TPSA) is 75.4 Å². The SMILES string of the molecule is Cn1ccc(N2C[C@H](C(=O)O)CC2=O)n1. The summed E-state index contributed by atoms with van der Waals surface area (Å²) in [5, 5.41) is 12.9. The third-order valence-electron chi connectivity index (χ3n) is 2.45. The number of nitrogens with zero attached hydrogens (tertiary/aromatic N) is 3. The lowest BCUT2D eigenvalue weighted by atomic mass is 10.1. The van der Waals surface area contributed by atoms with Gasteiger partial charge in [0, 0.05) is 32.3 Å². The van der Waals surface area contributed by atoms with Gasteiger partial charge in [0.15, 0.2) is 5.82 Å². The fraction of sp³-hybridized carbons (Fsp3) is 0.444. The van der Waals surface area contributed by atoms with Gasteiger partial charge in [0.05, 0.1) is 5.92 Å². The highest BCUT2D eigenvalue weighted by Gasteiger charge is 2.35. The van der Waals surface area contributed by atoms with Crippen molar-refractivity contribution in [2.45, 2.75) is 6.42 Å². The van der Waals surface area contributed by atoms with Crippen LogP contribution in [0, 0.1) is 5.92 Å². The molecule has 0 unspecified atom stereocenters. The van der Waals surface area contributed by atoms with Crippen molar-refractivity contribution in [2.24, 2.45) is 13.0 Å². The Kier molecular flexibility index (Phi) is 2.18. The van der Waals surface area contributed by atoms with Crippen LogP contribution >= 0.6 is 0 Å². The fourth-order valence-corrected chi connectivity index (χ4v) is 1.64. The molecule has 1 aliphatic heterocycles. The van der Waals surface area contributed by atoms with E-state index in [1.807, 2.05) is 0 Å². The molecule has 15 heavy (non-hydrogen) atoms. The van der Waals surface area contributed by atoms with Gasteiger partial charge in [-0.25, -0.2) is 0 Å². The molecule has 1 saturated heterocycles. The van der Waals surface area contributed by atoms with Crippen LogP contribution in [0.5, 0.6) is 0 Å². The number of carbonyl (C=O) groups excluding carboxylic acids is 1. The van der Waals surface area contributed by atoms with Crippen molar-refractivity contribution in [2.75, 3.05) is 11.4 Å². The van der Waals surface area contributed by atoms with Gasteiger partial charge in [0.1, 0.15) is 0 Å². The molecule has 80 valence electrons. The number of aromatic nitrogens is 2. The van der Waals surface area contributed by atoms with Crippen molar-refractivity contribution in [1.29, 1.82) is 0 Å². The summed E-state index contributed by atoms with van der Waals surface area (Å²) in [6.45, 7) is 0.213. The predicted octanol–water partition coefficient (Wildman–Crippen LogP) is -0.142. The molecule has 2 rings (SSSR count). The normalized spacial score (nSPS) is 21.0. The van der Waals surface area contributed by atoms with Crippen LogP contribution in [-0.2, 0) is 16.6 Å². The van der Waals surface area contributed by atoms with E-state index in [-0.39, 0.29) is 18.9 Å². The van der Waals surface area contributed by atoms with Crippen LogP contribution in [0.25, 0.3) is 0 Å². The van der Waals surface area contributed by atoms with E-state index in [2.05, 4.69) is 5.10 Å². The van der Waals surface area contributed by atoms with E-state index >= 15 is 0 Å². The second-order valence-electron chi connectivity index (χ2n) is 3.59. The summed E-state index contributed by atoms with van der Waals surface area (Å²) in [6, 6.07) is 1.70. The van der Waals surface area contributed by atoms with Gasteiger partial charge in [0.25, 0.3) is 0 Å². The van der Waals surface area contributed by atoms with Gasteiger partial charge in [-0.1, -0.05) is 0 Å². The zero-order valence-corrected chi connectivity index (χ0v) is 8.25. The van der Waals surface area contributed by atoms with Crippen molar-refractivity contribution in [3.63, 3.8) is 0 Å². The first-order chi connectivity index (χ1) is 7.08. The Morgan fingerprint density at radius 1 is 1.67 bits per heavy atom. The van der Waals surface area contributed by atoms with E-state index in [9.17, 15) is 9.59 Å². The highest BCUT2D eigenvalue weighted by atomic mass is 16.4. The van der Waals surface area contributed by atoms with E-state index in [4.69, 9.17) is 5.11 Å².